The lowest BCUT2D eigenvalue weighted by molar-refractivity contribution is 0.0951. The highest BCUT2D eigenvalue weighted by Crippen LogP contribution is 2.23. The van der Waals surface area contributed by atoms with Gasteiger partial charge in [0.25, 0.3) is 5.91 Å². The van der Waals surface area contributed by atoms with Gasteiger partial charge in [0.05, 0.1) is 13.2 Å². The molecule has 0 radical (unpaired) electrons. The van der Waals surface area contributed by atoms with Crippen LogP contribution in [-0.2, 0) is 0 Å². The zero-order valence-corrected chi connectivity index (χ0v) is 14.5. The summed E-state index contributed by atoms with van der Waals surface area (Å²) in [7, 11) is 1.61. The number of para-hydroxylation sites is 1. The van der Waals surface area contributed by atoms with Gasteiger partial charge in [0.1, 0.15) is 5.75 Å². The van der Waals surface area contributed by atoms with Crippen molar-refractivity contribution in [2.75, 3.05) is 13.7 Å². The van der Waals surface area contributed by atoms with Crippen molar-refractivity contribution >= 4 is 16.7 Å². The molecule has 1 atom stereocenters. The van der Waals surface area contributed by atoms with E-state index in [-0.39, 0.29) is 11.9 Å². The molecule has 0 saturated heterocycles. The van der Waals surface area contributed by atoms with Gasteiger partial charge < -0.3 is 15.8 Å². The van der Waals surface area contributed by atoms with E-state index in [1.54, 1.807) is 7.11 Å². The van der Waals surface area contributed by atoms with Gasteiger partial charge in [0.15, 0.2) is 0 Å². The van der Waals surface area contributed by atoms with Crippen LogP contribution in [0.2, 0.25) is 0 Å². The molecule has 3 aromatic carbocycles. The third-order valence-corrected chi connectivity index (χ3v) is 4.28. The van der Waals surface area contributed by atoms with E-state index in [4.69, 9.17) is 10.5 Å². The molecule has 0 aliphatic rings. The first-order valence-electron chi connectivity index (χ1n) is 8.25. The summed E-state index contributed by atoms with van der Waals surface area (Å²) in [4.78, 5) is 12.4. The van der Waals surface area contributed by atoms with Gasteiger partial charge in [-0.15, -0.1) is 0 Å². The molecule has 0 aliphatic carbocycles. The number of methoxy groups -OCH3 is 1. The molecular weight excluding hydrogens is 312 g/mol. The van der Waals surface area contributed by atoms with Crippen LogP contribution < -0.4 is 15.8 Å². The molecule has 4 heteroatoms. The molecule has 3 N–H and O–H groups in total. The van der Waals surface area contributed by atoms with Crippen LogP contribution in [0.3, 0.4) is 0 Å². The molecule has 128 valence electrons. The Hall–Kier alpha value is -2.85. The Morgan fingerprint density at radius 2 is 1.80 bits per heavy atom. The fraction of sp³-hybridized carbons (Fsp3) is 0.190. The maximum Gasteiger partial charge on any atom is 0.251 e. The van der Waals surface area contributed by atoms with Gasteiger partial charge in [-0.05, 0) is 35.9 Å². The van der Waals surface area contributed by atoms with Crippen molar-refractivity contribution < 1.29 is 9.53 Å². The summed E-state index contributed by atoms with van der Waals surface area (Å²) >= 11 is 0. The fourth-order valence-electron chi connectivity index (χ4n) is 2.89. The Bertz CT molecular complexity index is 905. The number of amides is 1. The fourth-order valence-corrected chi connectivity index (χ4v) is 2.89. The monoisotopic (exact) mass is 334 g/mol. The summed E-state index contributed by atoms with van der Waals surface area (Å²) in [6.07, 6.45) is 0. The zero-order valence-electron chi connectivity index (χ0n) is 14.5. The molecule has 0 aliphatic heterocycles. The maximum absolute atomic E-state index is 12.4. The number of aryl methyl sites for hydroxylation is 1. The molecule has 25 heavy (non-hydrogen) atoms. The number of carbonyl (C=O) groups excluding carboxylic acids is 1. The second-order valence-corrected chi connectivity index (χ2v) is 6.12. The first-order valence-corrected chi connectivity index (χ1v) is 8.25. The lowest BCUT2D eigenvalue weighted by atomic mass is 10.0. The molecule has 0 fully saturated rings. The van der Waals surface area contributed by atoms with E-state index in [1.165, 1.54) is 5.56 Å². The number of carbonyl (C=O) groups is 1. The van der Waals surface area contributed by atoms with Crippen LogP contribution in [0.1, 0.15) is 27.5 Å². The zero-order chi connectivity index (χ0) is 17.8. The summed E-state index contributed by atoms with van der Waals surface area (Å²) in [5.41, 5.74) is 8.91. The van der Waals surface area contributed by atoms with E-state index in [0.717, 1.165) is 22.1 Å². The van der Waals surface area contributed by atoms with Gasteiger partial charge >= 0.3 is 0 Å². The van der Waals surface area contributed by atoms with Crippen LogP contribution in [0.15, 0.2) is 60.7 Å². The highest BCUT2D eigenvalue weighted by molar-refractivity contribution is 5.98. The average Bonchev–Trinajstić information content (AvgIpc) is 2.65. The minimum Gasteiger partial charge on any atom is -0.496 e. The molecule has 0 bridgehead atoms. The SMILES string of the molecule is COc1ccccc1[C@@H](N)CNC(=O)c1ccc2cc(C)ccc2c1. The molecular formula is C21H22N2O2. The molecule has 3 aromatic rings. The normalized spacial score (nSPS) is 12.0. The molecule has 0 aromatic heterocycles. The van der Waals surface area contributed by atoms with E-state index in [1.807, 2.05) is 54.6 Å². The second kappa shape index (κ2) is 7.36. The number of fused-ring (bicyclic) bond motifs is 1. The highest BCUT2D eigenvalue weighted by Gasteiger charge is 2.13. The van der Waals surface area contributed by atoms with Gasteiger partial charge in [-0.2, -0.15) is 0 Å². The molecule has 0 spiro atoms. The highest BCUT2D eigenvalue weighted by atomic mass is 16.5. The van der Waals surface area contributed by atoms with Crippen LogP contribution in [-0.4, -0.2) is 19.6 Å². The Labute approximate surface area is 147 Å². The summed E-state index contributed by atoms with van der Waals surface area (Å²) < 4.78 is 5.32. The topological polar surface area (TPSA) is 64.3 Å². The third-order valence-electron chi connectivity index (χ3n) is 4.28. The lowest BCUT2D eigenvalue weighted by Gasteiger charge is -2.16. The van der Waals surface area contributed by atoms with Gasteiger partial charge in [0.2, 0.25) is 0 Å². The van der Waals surface area contributed by atoms with Crippen molar-refractivity contribution in [3.05, 3.63) is 77.4 Å². The maximum atomic E-state index is 12.4. The number of nitrogens with two attached hydrogens (primary N) is 1. The minimum atomic E-state index is -0.330. The predicted octanol–water partition coefficient (Wildman–Crippen LogP) is 3.59. The van der Waals surface area contributed by atoms with Crippen LogP contribution in [0, 0.1) is 6.92 Å². The number of hydrogen-bond donors (Lipinski definition) is 2. The van der Waals surface area contributed by atoms with Crippen molar-refractivity contribution in [3.63, 3.8) is 0 Å². The molecule has 0 heterocycles. The molecule has 0 saturated carbocycles. The van der Waals surface area contributed by atoms with E-state index in [9.17, 15) is 4.79 Å². The first kappa shape index (κ1) is 17.0. The predicted molar refractivity (Wildman–Crippen MR) is 101 cm³/mol. The Morgan fingerprint density at radius 1 is 1.08 bits per heavy atom. The minimum absolute atomic E-state index is 0.132. The molecule has 1 amide bonds. The molecule has 0 unspecified atom stereocenters. The summed E-state index contributed by atoms with van der Waals surface area (Å²) in [6, 6.07) is 19.1. The quantitative estimate of drug-likeness (QED) is 0.749. The molecule has 4 nitrogen and oxygen atoms in total. The van der Waals surface area contributed by atoms with Gasteiger partial charge in [-0.3, -0.25) is 4.79 Å². The third kappa shape index (κ3) is 3.80. The van der Waals surface area contributed by atoms with Crippen molar-refractivity contribution in [2.24, 2.45) is 5.73 Å². The summed E-state index contributed by atoms with van der Waals surface area (Å²) in [5.74, 6) is 0.596. The second-order valence-electron chi connectivity index (χ2n) is 6.12. The lowest BCUT2D eigenvalue weighted by Crippen LogP contribution is -2.32. The smallest absolute Gasteiger partial charge is 0.251 e. The number of benzene rings is 3. The number of hydrogen-bond acceptors (Lipinski definition) is 3. The van der Waals surface area contributed by atoms with E-state index in [0.29, 0.717) is 12.1 Å². The molecule has 3 rings (SSSR count). The number of nitrogens with one attached hydrogen (secondary N) is 1. The van der Waals surface area contributed by atoms with Crippen LogP contribution in [0.25, 0.3) is 10.8 Å². The van der Waals surface area contributed by atoms with Gasteiger partial charge in [0, 0.05) is 17.7 Å². The van der Waals surface area contributed by atoms with Crippen LogP contribution in [0.5, 0.6) is 5.75 Å². The average molecular weight is 334 g/mol. The van der Waals surface area contributed by atoms with Crippen molar-refractivity contribution in [1.29, 1.82) is 0 Å². The van der Waals surface area contributed by atoms with Crippen molar-refractivity contribution in [1.82, 2.24) is 5.32 Å². The summed E-state index contributed by atoms with van der Waals surface area (Å²) in [5, 5.41) is 5.08. The van der Waals surface area contributed by atoms with Gasteiger partial charge in [-0.25, -0.2) is 0 Å². The van der Waals surface area contributed by atoms with E-state index < -0.39 is 0 Å². The Balaban J connectivity index is 1.71. The Kier molecular flexibility index (Phi) is 5.00. The van der Waals surface area contributed by atoms with E-state index in [2.05, 4.69) is 18.3 Å². The largest absolute Gasteiger partial charge is 0.496 e. The summed E-state index contributed by atoms with van der Waals surface area (Å²) in [6.45, 7) is 2.39. The van der Waals surface area contributed by atoms with Crippen molar-refractivity contribution in [3.8, 4) is 5.75 Å². The van der Waals surface area contributed by atoms with Gasteiger partial charge in [-0.1, -0.05) is 48.0 Å². The Morgan fingerprint density at radius 3 is 2.60 bits per heavy atom. The standard InChI is InChI=1S/C21H22N2O2/c1-14-7-8-16-12-17(10-9-15(16)11-14)21(24)23-13-19(22)18-5-3-4-6-20(18)25-2/h3-12,19H,13,22H2,1-2H3,(H,23,24)/t19-/m0/s1. The first-order chi connectivity index (χ1) is 12.1. The number of ether oxygens (including phenoxy) is 1. The van der Waals surface area contributed by atoms with E-state index >= 15 is 0 Å². The van der Waals surface area contributed by atoms with Crippen molar-refractivity contribution in [2.45, 2.75) is 13.0 Å². The van der Waals surface area contributed by atoms with Crippen LogP contribution >= 0.6 is 0 Å². The number of rotatable bonds is 5. The van der Waals surface area contributed by atoms with Crippen LogP contribution in [0.4, 0.5) is 0 Å².